The molecule has 2 atom stereocenters. The number of aryl methyl sites for hydroxylation is 2. The standard InChI is InChI=1S/C63H56F2N8O6S3/c1-35-10-8-13-46(64)55(35)68-60(74)52-29-40-23-25-73(51-16-7-5-12-45(51)58(40)80-52)63(77)49-21-20-43(59(67-49)71-33-42(34-71)82(3,78)79)41-26-36(2)56(47(65)28-41)69-61(75)53-30-39-22-24-72(50-15-6-4-11-44(50)57(39)81-53)62(76)48-14-9-17-54(66-48)70-31-37-18-19-38(27-37)32-70/h4-17,20-21,26,28-30,37-38,42H,18-19,22-25,27,31-34H2,1-3H3,(H,68,74)(H,69,75). The summed E-state index contributed by atoms with van der Waals surface area (Å²) in [6, 6.07) is 35.3. The topological polar surface area (TPSA) is 165 Å². The average Bonchev–Trinajstić information content (AvgIpc) is 4.20. The number of fused-ring (bicyclic) bond motifs is 8. The third-order valence-corrected chi connectivity index (χ3v) is 20.6. The Bertz CT molecular complexity index is 4030. The minimum absolute atomic E-state index is 0.00914. The highest BCUT2D eigenvalue weighted by Gasteiger charge is 2.39. The fraction of sp³-hybridized carbons (Fsp3) is 0.270. The lowest BCUT2D eigenvalue weighted by Gasteiger charge is -2.40. The summed E-state index contributed by atoms with van der Waals surface area (Å²) >= 11 is 2.55. The molecular formula is C63H56F2N8O6S3. The molecule has 4 aliphatic heterocycles. The molecule has 4 aromatic carbocycles. The van der Waals surface area contributed by atoms with Gasteiger partial charge in [0.25, 0.3) is 23.6 Å². The summed E-state index contributed by atoms with van der Waals surface area (Å²) in [7, 11) is -3.41. The third kappa shape index (κ3) is 9.81. The molecule has 0 radical (unpaired) electrons. The molecule has 416 valence electrons. The van der Waals surface area contributed by atoms with Crippen molar-refractivity contribution in [2.24, 2.45) is 11.8 Å². The number of pyridine rings is 2. The second kappa shape index (κ2) is 21.0. The maximum Gasteiger partial charge on any atom is 0.276 e. The Labute approximate surface area is 481 Å². The lowest BCUT2D eigenvalue weighted by atomic mass is 9.99. The SMILES string of the molecule is Cc1cc(-c2ccc(C(=O)N3CCc4cc(C(=O)Nc5c(C)cccc5F)sc4-c4ccccc43)nc2N2CC(S(C)(=O)=O)C2)cc(F)c1NC(=O)c1cc2c(s1)-c1ccccc1N(C(=O)c1cccc(N3CC4CCC(C4)C3)n1)CC2. The number of hydrogen-bond donors (Lipinski definition) is 2. The number of nitrogens with zero attached hydrogens (tertiary/aromatic N) is 6. The molecule has 0 spiro atoms. The van der Waals surface area contributed by atoms with E-state index in [1.54, 1.807) is 71.0 Å². The van der Waals surface area contributed by atoms with Gasteiger partial charge in [-0.15, -0.1) is 22.7 Å². The molecule has 82 heavy (non-hydrogen) atoms. The van der Waals surface area contributed by atoms with Gasteiger partial charge in [0.05, 0.1) is 37.8 Å². The molecule has 8 heterocycles. The van der Waals surface area contributed by atoms with Crippen LogP contribution in [0.4, 0.5) is 43.2 Å². The number of carbonyl (C=O) groups is 4. The van der Waals surface area contributed by atoms with Crippen LogP contribution < -0.4 is 30.2 Å². The fourth-order valence-electron chi connectivity index (χ4n) is 12.3. The lowest BCUT2D eigenvalue weighted by molar-refractivity contribution is 0.0975. The summed E-state index contributed by atoms with van der Waals surface area (Å²) in [6.45, 7) is 6.15. The molecule has 2 N–H and O–H groups in total. The molecule has 2 bridgehead atoms. The largest absolute Gasteiger partial charge is 0.356 e. The number of thiophene rings is 2. The van der Waals surface area contributed by atoms with E-state index in [0.717, 1.165) is 56.6 Å². The number of hydrogen-bond acceptors (Lipinski definition) is 12. The van der Waals surface area contributed by atoms with Crippen molar-refractivity contribution < 1.29 is 36.4 Å². The van der Waals surface area contributed by atoms with Crippen molar-refractivity contribution in [1.29, 1.82) is 0 Å². The van der Waals surface area contributed by atoms with Crippen LogP contribution in [-0.4, -0.2) is 92.8 Å². The van der Waals surface area contributed by atoms with Crippen molar-refractivity contribution in [1.82, 2.24) is 9.97 Å². The molecule has 19 heteroatoms. The van der Waals surface area contributed by atoms with Gasteiger partial charge in [-0.1, -0.05) is 54.6 Å². The van der Waals surface area contributed by atoms with E-state index in [1.807, 2.05) is 66.7 Å². The molecule has 1 aliphatic carbocycles. The van der Waals surface area contributed by atoms with Gasteiger partial charge in [0.15, 0.2) is 9.84 Å². The third-order valence-electron chi connectivity index (χ3n) is 16.7. The summed E-state index contributed by atoms with van der Waals surface area (Å²) in [4.78, 5) is 76.6. The summed E-state index contributed by atoms with van der Waals surface area (Å²) in [6.07, 6.45) is 5.81. The van der Waals surface area contributed by atoms with Crippen LogP contribution in [0.1, 0.15) is 81.8 Å². The van der Waals surface area contributed by atoms with Gasteiger partial charge in [0.1, 0.15) is 34.7 Å². The number of anilines is 6. The summed E-state index contributed by atoms with van der Waals surface area (Å²) in [5.41, 5.74) is 7.08. The molecule has 4 aromatic heterocycles. The Morgan fingerprint density at radius 3 is 1.72 bits per heavy atom. The first-order valence-corrected chi connectivity index (χ1v) is 31.0. The van der Waals surface area contributed by atoms with E-state index in [4.69, 9.17) is 9.97 Å². The number of aromatic nitrogens is 2. The predicted octanol–water partition coefficient (Wildman–Crippen LogP) is 11.9. The Kier molecular flexibility index (Phi) is 13.6. The molecule has 3 fully saturated rings. The van der Waals surface area contributed by atoms with Gasteiger partial charge in [0.2, 0.25) is 0 Å². The van der Waals surface area contributed by atoms with E-state index in [-0.39, 0.29) is 42.6 Å². The molecule has 1 saturated carbocycles. The second-order valence-electron chi connectivity index (χ2n) is 22.1. The highest BCUT2D eigenvalue weighted by molar-refractivity contribution is 7.91. The van der Waals surface area contributed by atoms with Gasteiger partial charge < -0.3 is 30.2 Å². The normalized spacial score (nSPS) is 17.4. The van der Waals surface area contributed by atoms with E-state index >= 15 is 4.39 Å². The van der Waals surface area contributed by atoms with Crippen molar-refractivity contribution >= 4 is 90.5 Å². The van der Waals surface area contributed by atoms with Crippen LogP contribution in [0.3, 0.4) is 0 Å². The average molecular weight is 1160 g/mol. The molecular weight excluding hydrogens is 1100 g/mol. The zero-order chi connectivity index (χ0) is 56.7. The molecule has 13 rings (SSSR count). The number of para-hydroxylation sites is 3. The van der Waals surface area contributed by atoms with E-state index < -0.39 is 44.4 Å². The van der Waals surface area contributed by atoms with Crippen LogP contribution in [0.25, 0.3) is 32.0 Å². The van der Waals surface area contributed by atoms with Gasteiger partial charge in [-0.05, 0) is 152 Å². The number of benzene rings is 4. The van der Waals surface area contributed by atoms with Crippen molar-refractivity contribution in [3.05, 3.63) is 176 Å². The minimum atomic E-state index is -3.41. The number of halogens is 2. The van der Waals surface area contributed by atoms with Crippen LogP contribution in [0.2, 0.25) is 0 Å². The summed E-state index contributed by atoms with van der Waals surface area (Å²) in [5.74, 6) is -0.293. The number of piperidine rings is 1. The Morgan fingerprint density at radius 1 is 0.585 bits per heavy atom. The quantitative estimate of drug-likeness (QED) is 0.135. The van der Waals surface area contributed by atoms with Crippen molar-refractivity contribution in [2.75, 3.05) is 75.8 Å². The smallest absolute Gasteiger partial charge is 0.276 e. The fourth-order valence-corrected chi connectivity index (χ4v) is 15.5. The lowest BCUT2D eigenvalue weighted by Crippen LogP contribution is -2.55. The maximum atomic E-state index is 16.7. The van der Waals surface area contributed by atoms with E-state index in [2.05, 4.69) is 15.5 Å². The molecule has 5 aliphatic rings. The van der Waals surface area contributed by atoms with Gasteiger partial charge in [-0.3, -0.25) is 19.2 Å². The first-order valence-electron chi connectivity index (χ1n) is 27.5. The Balaban J connectivity index is 0.748. The number of amides is 4. The first-order chi connectivity index (χ1) is 39.5. The van der Waals surface area contributed by atoms with Crippen LogP contribution in [0.15, 0.2) is 121 Å². The minimum Gasteiger partial charge on any atom is -0.356 e. The molecule has 14 nitrogen and oxygen atoms in total. The number of sulfone groups is 1. The van der Waals surface area contributed by atoms with Crippen LogP contribution in [-0.2, 0) is 22.7 Å². The van der Waals surface area contributed by atoms with Crippen LogP contribution in [0.5, 0.6) is 0 Å². The maximum absolute atomic E-state index is 16.7. The zero-order valence-electron chi connectivity index (χ0n) is 45.2. The molecule has 8 aromatic rings. The zero-order valence-corrected chi connectivity index (χ0v) is 47.6. The molecule has 2 saturated heterocycles. The van der Waals surface area contributed by atoms with Gasteiger partial charge >= 0.3 is 0 Å². The number of rotatable bonds is 10. The highest BCUT2D eigenvalue weighted by atomic mass is 32.2. The van der Waals surface area contributed by atoms with Crippen molar-refractivity contribution in [3.8, 4) is 32.0 Å². The van der Waals surface area contributed by atoms with Gasteiger partial charge in [-0.2, -0.15) is 0 Å². The van der Waals surface area contributed by atoms with Crippen molar-refractivity contribution in [2.45, 2.75) is 51.2 Å². The number of nitrogens with one attached hydrogen (secondary N) is 2. The van der Waals surface area contributed by atoms with E-state index in [0.29, 0.717) is 80.4 Å². The van der Waals surface area contributed by atoms with Crippen molar-refractivity contribution in [3.63, 3.8) is 0 Å². The van der Waals surface area contributed by atoms with Gasteiger partial charge in [-0.25, -0.2) is 27.2 Å². The first kappa shape index (κ1) is 53.2. The Morgan fingerprint density at radius 2 is 1.15 bits per heavy atom. The highest BCUT2D eigenvalue weighted by Crippen LogP contribution is 2.45. The van der Waals surface area contributed by atoms with Gasteiger partial charge in [0, 0.05) is 72.0 Å². The molecule has 2 unspecified atom stereocenters. The Hall–Kier alpha value is -8.13. The summed E-state index contributed by atoms with van der Waals surface area (Å²) in [5, 5.41) is 4.90. The second-order valence-corrected chi connectivity index (χ2v) is 26.6. The summed E-state index contributed by atoms with van der Waals surface area (Å²) < 4.78 is 56.7. The number of carbonyl (C=O) groups excluding carboxylic acids is 4. The van der Waals surface area contributed by atoms with E-state index in [9.17, 15) is 32.0 Å². The van der Waals surface area contributed by atoms with Crippen LogP contribution >= 0.6 is 22.7 Å². The van der Waals surface area contributed by atoms with Crippen LogP contribution in [0, 0.1) is 37.3 Å². The van der Waals surface area contributed by atoms with E-state index in [1.165, 1.54) is 60.3 Å². The monoisotopic (exact) mass is 1150 g/mol. The predicted molar refractivity (Wildman–Crippen MR) is 320 cm³/mol. The molecule has 4 amide bonds.